The van der Waals surface area contributed by atoms with Gasteiger partial charge in [0.1, 0.15) is 11.4 Å². The molecule has 0 saturated carbocycles. The van der Waals surface area contributed by atoms with E-state index < -0.39 is 5.97 Å². The first kappa shape index (κ1) is 23.3. The smallest absolute Gasteiger partial charge is 0.341 e. The average molecular weight is 456 g/mol. The van der Waals surface area contributed by atoms with E-state index in [1.807, 2.05) is 78.9 Å². The lowest BCUT2D eigenvalue weighted by Gasteiger charge is -2.28. The Labute approximate surface area is 200 Å². The van der Waals surface area contributed by atoms with E-state index in [4.69, 9.17) is 19.2 Å². The summed E-state index contributed by atoms with van der Waals surface area (Å²) >= 11 is 0. The zero-order chi connectivity index (χ0) is 24.1. The Kier molecular flexibility index (Phi) is 6.82. The van der Waals surface area contributed by atoms with Crippen LogP contribution < -0.4 is 4.74 Å². The van der Waals surface area contributed by atoms with Crippen molar-refractivity contribution < 1.29 is 19.1 Å². The van der Waals surface area contributed by atoms with Gasteiger partial charge in [0, 0.05) is 17.0 Å². The van der Waals surface area contributed by atoms with Crippen LogP contribution in [0.4, 0.5) is 0 Å². The molecule has 4 aromatic rings. The van der Waals surface area contributed by atoms with Crippen LogP contribution in [-0.2, 0) is 11.2 Å². The second kappa shape index (κ2) is 9.96. The third-order valence-corrected chi connectivity index (χ3v) is 5.77. The molecule has 0 spiro atoms. The van der Waals surface area contributed by atoms with Crippen LogP contribution in [0.3, 0.4) is 0 Å². The van der Waals surface area contributed by atoms with Crippen LogP contribution in [0.2, 0.25) is 0 Å². The van der Waals surface area contributed by atoms with Crippen molar-refractivity contribution >= 4 is 5.97 Å². The van der Waals surface area contributed by atoms with Gasteiger partial charge in [-0.15, -0.1) is 0 Å². The molecule has 5 heteroatoms. The molecule has 0 saturated heterocycles. The summed E-state index contributed by atoms with van der Waals surface area (Å²) in [4.78, 5) is 15.9. The highest BCUT2D eigenvalue weighted by Crippen LogP contribution is 2.42. The van der Waals surface area contributed by atoms with Crippen LogP contribution in [0.15, 0.2) is 89.3 Å². The number of ether oxygens (including phenoxy) is 1. The van der Waals surface area contributed by atoms with E-state index in [0.717, 1.165) is 28.1 Å². The minimum Gasteiger partial charge on any atom is -0.482 e. The minimum absolute atomic E-state index is 0.0119. The van der Waals surface area contributed by atoms with Crippen molar-refractivity contribution in [2.75, 3.05) is 6.61 Å². The number of oxazole rings is 1. The molecule has 0 fully saturated rings. The van der Waals surface area contributed by atoms with Crippen LogP contribution in [0, 0.1) is 5.41 Å². The number of carboxylic acids is 1. The predicted octanol–water partition coefficient (Wildman–Crippen LogP) is 6.84. The number of carbonyl (C=O) groups is 1. The van der Waals surface area contributed by atoms with Gasteiger partial charge in [0.15, 0.2) is 18.3 Å². The van der Waals surface area contributed by atoms with Gasteiger partial charge in [-0.1, -0.05) is 93.6 Å². The lowest BCUT2D eigenvalue weighted by molar-refractivity contribution is -0.139. The van der Waals surface area contributed by atoms with Gasteiger partial charge < -0.3 is 14.3 Å². The molecule has 0 radical (unpaired) electrons. The molecule has 0 aliphatic carbocycles. The second-order valence-electron chi connectivity index (χ2n) is 9.41. The molecule has 0 aliphatic heterocycles. The first-order chi connectivity index (χ1) is 16.3. The molecule has 1 N–H and O–H groups in total. The largest absolute Gasteiger partial charge is 0.482 e. The van der Waals surface area contributed by atoms with Gasteiger partial charge in [0.25, 0.3) is 0 Å². The third kappa shape index (κ3) is 5.54. The van der Waals surface area contributed by atoms with Gasteiger partial charge >= 0.3 is 5.97 Å². The fourth-order valence-electron chi connectivity index (χ4n) is 3.97. The Bertz CT molecular complexity index is 1180. The zero-order valence-electron chi connectivity index (χ0n) is 19.7. The highest BCUT2D eigenvalue weighted by atomic mass is 16.5. The van der Waals surface area contributed by atoms with E-state index in [-0.39, 0.29) is 17.9 Å². The number of aliphatic carboxylic acids is 1. The van der Waals surface area contributed by atoms with E-state index in [1.54, 1.807) is 6.07 Å². The first-order valence-electron chi connectivity index (χ1n) is 11.4. The maximum atomic E-state index is 10.9. The quantitative estimate of drug-likeness (QED) is 0.315. The monoisotopic (exact) mass is 455 g/mol. The summed E-state index contributed by atoms with van der Waals surface area (Å²) in [6, 6.07) is 27.7. The lowest BCUT2D eigenvalue weighted by atomic mass is 9.77. The molecule has 34 heavy (non-hydrogen) atoms. The van der Waals surface area contributed by atoms with E-state index in [1.165, 1.54) is 0 Å². The normalized spacial score (nSPS) is 12.3. The molecule has 1 atom stereocenters. The summed E-state index contributed by atoms with van der Waals surface area (Å²) in [6.07, 6.45) is 0.677. The van der Waals surface area contributed by atoms with Gasteiger partial charge in [-0.25, -0.2) is 9.78 Å². The van der Waals surface area contributed by atoms with E-state index in [9.17, 15) is 4.79 Å². The fraction of sp³-hybridized carbons (Fsp3) is 0.241. The molecule has 1 aromatic heterocycles. The Hall–Kier alpha value is -3.86. The molecular formula is C29H29NO4. The number of hydrogen-bond donors (Lipinski definition) is 1. The molecule has 5 nitrogen and oxygen atoms in total. The number of hydrogen-bond acceptors (Lipinski definition) is 4. The van der Waals surface area contributed by atoms with Crippen molar-refractivity contribution in [2.24, 2.45) is 5.41 Å². The van der Waals surface area contributed by atoms with Gasteiger partial charge in [0.2, 0.25) is 0 Å². The molecule has 174 valence electrons. The summed E-state index contributed by atoms with van der Waals surface area (Å²) in [7, 11) is 0. The topological polar surface area (TPSA) is 72.6 Å². The maximum absolute atomic E-state index is 10.9. The highest BCUT2D eigenvalue weighted by Gasteiger charge is 2.32. The molecule has 3 aromatic carbocycles. The minimum atomic E-state index is -1.00. The van der Waals surface area contributed by atoms with Crippen LogP contribution in [0.1, 0.15) is 38.1 Å². The van der Waals surface area contributed by atoms with Gasteiger partial charge in [-0.3, -0.25) is 0 Å². The predicted molar refractivity (Wildman–Crippen MR) is 133 cm³/mol. The number of rotatable bonds is 8. The number of nitrogens with zero attached hydrogens (tertiary/aromatic N) is 1. The van der Waals surface area contributed by atoms with E-state index in [0.29, 0.717) is 18.1 Å². The molecule has 1 heterocycles. The average Bonchev–Trinajstić information content (AvgIpc) is 3.27. The van der Waals surface area contributed by atoms with Gasteiger partial charge in [-0.2, -0.15) is 0 Å². The van der Waals surface area contributed by atoms with Crippen LogP contribution in [0.5, 0.6) is 5.75 Å². The molecule has 0 bridgehead atoms. The van der Waals surface area contributed by atoms with Gasteiger partial charge in [0.05, 0.1) is 0 Å². The van der Waals surface area contributed by atoms with E-state index in [2.05, 4.69) is 20.8 Å². The Morgan fingerprint density at radius 3 is 2.21 bits per heavy atom. The fourth-order valence-corrected chi connectivity index (χ4v) is 3.97. The number of carboxylic acid groups (broad SMARTS) is 1. The maximum Gasteiger partial charge on any atom is 0.341 e. The third-order valence-electron chi connectivity index (χ3n) is 5.77. The molecule has 0 amide bonds. The summed E-state index contributed by atoms with van der Waals surface area (Å²) in [5.74, 6) is 0.966. The molecular weight excluding hydrogens is 426 g/mol. The van der Waals surface area contributed by atoms with Crippen molar-refractivity contribution in [2.45, 2.75) is 33.1 Å². The highest BCUT2D eigenvalue weighted by molar-refractivity contribution is 5.76. The molecule has 4 rings (SSSR count). The standard InChI is InChI=1S/C29H29NO4/c1-29(2,3)24(18-20-11-10-16-23(17-20)33-19-25(31)32)28-30-26(21-12-6-4-7-13-21)27(34-28)22-14-8-5-9-15-22/h4-17,24H,18-19H2,1-3H3,(H,31,32). The first-order valence-corrected chi connectivity index (χ1v) is 11.4. The summed E-state index contributed by atoms with van der Waals surface area (Å²) < 4.78 is 11.9. The van der Waals surface area contributed by atoms with Gasteiger partial charge in [-0.05, 0) is 29.5 Å². The lowest BCUT2D eigenvalue weighted by Crippen LogP contribution is -2.21. The van der Waals surface area contributed by atoms with Crippen molar-refractivity contribution in [3.63, 3.8) is 0 Å². The Morgan fingerprint density at radius 1 is 0.941 bits per heavy atom. The van der Waals surface area contributed by atoms with Crippen molar-refractivity contribution in [3.8, 4) is 28.3 Å². The summed E-state index contributed by atoms with van der Waals surface area (Å²) in [5, 5.41) is 8.92. The van der Waals surface area contributed by atoms with Crippen molar-refractivity contribution in [1.82, 2.24) is 4.98 Å². The SMILES string of the molecule is CC(C)(C)C(Cc1cccc(OCC(=O)O)c1)c1nc(-c2ccccc2)c(-c2ccccc2)o1. The summed E-state index contributed by atoms with van der Waals surface area (Å²) in [5.41, 5.74) is 3.72. The number of aromatic nitrogens is 1. The number of benzene rings is 3. The van der Waals surface area contributed by atoms with Crippen molar-refractivity contribution in [3.05, 3.63) is 96.4 Å². The van der Waals surface area contributed by atoms with Crippen LogP contribution in [0.25, 0.3) is 22.6 Å². The molecule has 1 unspecified atom stereocenters. The zero-order valence-corrected chi connectivity index (χ0v) is 19.7. The van der Waals surface area contributed by atoms with E-state index >= 15 is 0 Å². The Morgan fingerprint density at radius 2 is 1.59 bits per heavy atom. The van der Waals surface area contributed by atoms with Crippen LogP contribution in [-0.4, -0.2) is 22.7 Å². The Balaban J connectivity index is 1.73. The van der Waals surface area contributed by atoms with Crippen molar-refractivity contribution in [1.29, 1.82) is 0 Å². The second-order valence-corrected chi connectivity index (χ2v) is 9.41. The summed E-state index contributed by atoms with van der Waals surface area (Å²) in [6.45, 7) is 6.16. The van der Waals surface area contributed by atoms with Crippen LogP contribution >= 0.6 is 0 Å². The molecule has 0 aliphatic rings.